The van der Waals surface area contributed by atoms with Crippen LogP contribution in [0.1, 0.15) is 20.3 Å². The Morgan fingerprint density at radius 2 is 1.88 bits per heavy atom. The Morgan fingerprint density at radius 3 is 2.56 bits per heavy atom. The predicted octanol–water partition coefficient (Wildman–Crippen LogP) is 2.99. The minimum atomic E-state index is 0.419. The molecule has 0 unspecified atom stereocenters. The molecule has 16 heavy (non-hydrogen) atoms. The molecule has 0 amide bonds. The fraction of sp³-hybridized carbons (Fsp3) is 0.538. The number of nitrogen functional groups attached to an aromatic ring is 1. The van der Waals surface area contributed by atoms with Crippen LogP contribution in [0.4, 0.5) is 11.4 Å². The third-order valence-electron chi connectivity index (χ3n) is 3.10. The van der Waals surface area contributed by atoms with Crippen LogP contribution in [-0.4, -0.2) is 23.6 Å². The van der Waals surface area contributed by atoms with E-state index in [4.69, 9.17) is 5.73 Å². The van der Waals surface area contributed by atoms with Crippen molar-refractivity contribution in [3.63, 3.8) is 0 Å². The first-order chi connectivity index (χ1) is 7.57. The van der Waals surface area contributed by atoms with E-state index in [1.54, 1.807) is 0 Å². The first-order valence-corrected chi connectivity index (χ1v) is 6.80. The highest BCUT2D eigenvalue weighted by atomic mass is 32.2. The van der Waals surface area contributed by atoms with Crippen molar-refractivity contribution >= 4 is 23.1 Å². The second kappa shape index (κ2) is 4.58. The van der Waals surface area contributed by atoms with E-state index >= 15 is 0 Å². The van der Waals surface area contributed by atoms with Gasteiger partial charge in [-0.3, -0.25) is 0 Å². The topological polar surface area (TPSA) is 29.3 Å². The van der Waals surface area contributed by atoms with Crippen molar-refractivity contribution in [2.24, 2.45) is 0 Å². The fourth-order valence-electron chi connectivity index (χ4n) is 1.96. The van der Waals surface area contributed by atoms with Crippen molar-refractivity contribution in [3.05, 3.63) is 24.3 Å². The van der Waals surface area contributed by atoms with Gasteiger partial charge in [0.25, 0.3) is 0 Å². The lowest BCUT2D eigenvalue weighted by Gasteiger charge is -2.24. The van der Waals surface area contributed by atoms with Gasteiger partial charge >= 0.3 is 0 Å². The van der Waals surface area contributed by atoms with Crippen LogP contribution in [-0.2, 0) is 0 Å². The van der Waals surface area contributed by atoms with E-state index in [2.05, 4.69) is 42.6 Å². The van der Waals surface area contributed by atoms with Crippen LogP contribution >= 0.6 is 11.8 Å². The number of hydrogen-bond donors (Lipinski definition) is 1. The van der Waals surface area contributed by atoms with Crippen LogP contribution in [0, 0.1) is 0 Å². The number of rotatable bonds is 1. The maximum absolute atomic E-state index is 5.71. The Labute approximate surface area is 102 Å². The molecule has 0 atom stereocenters. The second-order valence-electron chi connectivity index (χ2n) is 4.94. The summed E-state index contributed by atoms with van der Waals surface area (Å²) in [4.78, 5) is 2.46. The summed E-state index contributed by atoms with van der Waals surface area (Å²) >= 11 is 2.08. The zero-order valence-corrected chi connectivity index (χ0v) is 10.9. The van der Waals surface area contributed by atoms with Gasteiger partial charge in [0.2, 0.25) is 0 Å². The van der Waals surface area contributed by atoms with Gasteiger partial charge in [0.05, 0.1) is 0 Å². The quantitative estimate of drug-likeness (QED) is 0.760. The van der Waals surface area contributed by atoms with Crippen molar-refractivity contribution in [1.82, 2.24) is 0 Å². The van der Waals surface area contributed by atoms with Gasteiger partial charge in [-0.25, -0.2) is 0 Å². The van der Waals surface area contributed by atoms with Crippen molar-refractivity contribution in [3.8, 4) is 0 Å². The number of anilines is 2. The average Bonchev–Trinajstić information content (AvgIpc) is 2.41. The summed E-state index contributed by atoms with van der Waals surface area (Å²) in [6.45, 7) is 6.95. The third-order valence-corrected chi connectivity index (χ3v) is 4.47. The molecule has 2 rings (SSSR count). The summed E-state index contributed by atoms with van der Waals surface area (Å²) < 4.78 is 0.419. The number of hydrogen-bond acceptors (Lipinski definition) is 3. The van der Waals surface area contributed by atoms with Gasteiger partial charge in [-0.05, 0) is 30.7 Å². The molecular formula is C13H20N2S. The zero-order valence-electron chi connectivity index (χ0n) is 10.1. The lowest BCUT2D eigenvalue weighted by atomic mass is 10.1. The Hall–Kier alpha value is -0.830. The van der Waals surface area contributed by atoms with Crippen molar-refractivity contribution in [2.45, 2.75) is 25.0 Å². The van der Waals surface area contributed by atoms with E-state index in [0.717, 1.165) is 18.8 Å². The molecule has 3 heteroatoms. The molecular weight excluding hydrogens is 216 g/mol. The van der Waals surface area contributed by atoms with Crippen LogP contribution < -0.4 is 10.6 Å². The number of thioether (sulfide) groups is 1. The molecule has 1 fully saturated rings. The Bertz CT molecular complexity index is 345. The maximum Gasteiger partial charge on any atom is 0.0367 e. The molecule has 1 aromatic carbocycles. The third kappa shape index (κ3) is 2.85. The Balaban J connectivity index is 2.08. The molecule has 0 aliphatic carbocycles. The van der Waals surface area contributed by atoms with Crippen molar-refractivity contribution in [1.29, 1.82) is 0 Å². The molecule has 0 saturated carbocycles. The SMILES string of the molecule is CC1(C)CCN(c2ccc(N)cc2)CCS1. The highest BCUT2D eigenvalue weighted by Gasteiger charge is 2.23. The lowest BCUT2D eigenvalue weighted by molar-refractivity contribution is 0.638. The van der Waals surface area contributed by atoms with Crippen LogP contribution in [0.3, 0.4) is 0 Å². The normalized spacial score (nSPS) is 20.5. The minimum absolute atomic E-state index is 0.419. The van der Waals surface area contributed by atoms with Crippen molar-refractivity contribution in [2.75, 3.05) is 29.5 Å². The van der Waals surface area contributed by atoms with E-state index in [9.17, 15) is 0 Å². The summed E-state index contributed by atoms with van der Waals surface area (Å²) in [6, 6.07) is 8.22. The summed E-state index contributed by atoms with van der Waals surface area (Å²) in [7, 11) is 0. The van der Waals surface area contributed by atoms with Crippen LogP contribution in [0.2, 0.25) is 0 Å². The summed E-state index contributed by atoms with van der Waals surface area (Å²) in [5.74, 6) is 1.21. The van der Waals surface area contributed by atoms with Gasteiger partial charge in [-0.15, -0.1) is 0 Å². The van der Waals surface area contributed by atoms with Crippen LogP contribution in [0.15, 0.2) is 24.3 Å². The van der Waals surface area contributed by atoms with Gasteiger partial charge in [0.15, 0.2) is 0 Å². The van der Waals surface area contributed by atoms with Gasteiger partial charge in [0, 0.05) is 35.0 Å². The second-order valence-corrected chi connectivity index (χ2v) is 6.74. The van der Waals surface area contributed by atoms with E-state index in [1.807, 2.05) is 12.1 Å². The van der Waals surface area contributed by atoms with E-state index in [-0.39, 0.29) is 0 Å². The van der Waals surface area contributed by atoms with Gasteiger partial charge in [-0.2, -0.15) is 11.8 Å². The van der Waals surface area contributed by atoms with E-state index in [1.165, 1.54) is 17.9 Å². The van der Waals surface area contributed by atoms with Gasteiger partial charge in [0.1, 0.15) is 0 Å². The summed E-state index contributed by atoms with van der Waals surface area (Å²) in [5, 5.41) is 0. The van der Waals surface area contributed by atoms with Crippen molar-refractivity contribution < 1.29 is 0 Å². The molecule has 0 aromatic heterocycles. The molecule has 1 aliphatic rings. The highest BCUT2D eigenvalue weighted by molar-refractivity contribution is 8.00. The maximum atomic E-state index is 5.71. The summed E-state index contributed by atoms with van der Waals surface area (Å²) in [5.41, 5.74) is 7.85. The van der Waals surface area contributed by atoms with E-state index < -0.39 is 0 Å². The van der Waals surface area contributed by atoms with Crippen LogP contribution in [0.25, 0.3) is 0 Å². The number of nitrogens with zero attached hydrogens (tertiary/aromatic N) is 1. The first kappa shape index (κ1) is 11.6. The lowest BCUT2D eigenvalue weighted by Crippen LogP contribution is -2.26. The molecule has 1 aliphatic heterocycles. The standard InChI is InChI=1S/C13H20N2S/c1-13(2)7-8-15(9-10-16-13)12-5-3-11(14)4-6-12/h3-6H,7-10,14H2,1-2H3. The molecule has 1 saturated heterocycles. The molecule has 0 bridgehead atoms. The molecule has 88 valence electrons. The predicted molar refractivity (Wildman–Crippen MR) is 74.2 cm³/mol. The molecule has 2 N–H and O–H groups in total. The highest BCUT2D eigenvalue weighted by Crippen LogP contribution is 2.32. The zero-order chi connectivity index (χ0) is 11.6. The first-order valence-electron chi connectivity index (χ1n) is 5.81. The van der Waals surface area contributed by atoms with Crippen LogP contribution in [0.5, 0.6) is 0 Å². The van der Waals surface area contributed by atoms with Gasteiger partial charge in [-0.1, -0.05) is 13.8 Å². The number of benzene rings is 1. The molecule has 0 spiro atoms. The molecule has 1 aromatic rings. The smallest absolute Gasteiger partial charge is 0.0367 e. The van der Waals surface area contributed by atoms with Gasteiger partial charge < -0.3 is 10.6 Å². The molecule has 2 nitrogen and oxygen atoms in total. The van der Waals surface area contributed by atoms with E-state index in [0.29, 0.717) is 4.75 Å². The molecule has 0 radical (unpaired) electrons. The minimum Gasteiger partial charge on any atom is -0.399 e. The largest absolute Gasteiger partial charge is 0.399 e. The average molecular weight is 236 g/mol. The Kier molecular flexibility index (Phi) is 3.33. The Morgan fingerprint density at radius 1 is 1.19 bits per heavy atom. The molecule has 1 heterocycles. The number of nitrogens with two attached hydrogens (primary N) is 1. The summed E-state index contributed by atoms with van der Waals surface area (Å²) in [6.07, 6.45) is 1.24. The fourth-order valence-corrected chi connectivity index (χ4v) is 3.06. The monoisotopic (exact) mass is 236 g/mol.